The molecule has 8 nitrogen and oxygen atoms in total. The Hall–Kier alpha value is -2.12. The topological polar surface area (TPSA) is 84.5 Å². The van der Waals surface area contributed by atoms with Crippen molar-refractivity contribution in [2.75, 3.05) is 24.5 Å². The van der Waals surface area contributed by atoms with Crippen molar-refractivity contribution in [3.05, 3.63) is 15.8 Å². The van der Waals surface area contributed by atoms with Crippen LogP contribution in [0.5, 0.6) is 0 Å². The number of rotatable bonds is 3. The minimum atomic E-state index is -0.313. The summed E-state index contributed by atoms with van der Waals surface area (Å²) in [6.45, 7) is 5.38. The van der Waals surface area contributed by atoms with Crippen LogP contribution >= 0.6 is 0 Å². The molecule has 1 saturated heterocycles. The van der Waals surface area contributed by atoms with Gasteiger partial charge in [-0.05, 0) is 19.3 Å². The number of hydrogen-bond acceptors (Lipinski definition) is 5. The normalized spacial score (nSPS) is 20.1. The van der Waals surface area contributed by atoms with Crippen molar-refractivity contribution in [1.29, 1.82) is 0 Å². The molecule has 0 radical (unpaired) electrons. The number of aromatic nitrogens is 2. The Morgan fingerprint density at radius 2 is 1.96 bits per heavy atom. The minimum Gasteiger partial charge on any atom is -0.347 e. The molecule has 2 fully saturated rings. The van der Waals surface area contributed by atoms with Crippen molar-refractivity contribution in [2.45, 2.75) is 57.9 Å². The molecule has 1 aromatic rings. The number of piperazine rings is 1. The fourth-order valence-corrected chi connectivity index (χ4v) is 4.63. The lowest BCUT2D eigenvalue weighted by Crippen LogP contribution is -2.64. The number of carbonyl (C=O) groups is 1. The molecule has 25 heavy (non-hydrogen) atoms. The summed E-state index contributed by atoms with van der Waals surface area (Å²) < 4.78 is 1.64. The molecule has 1 saturated carbocycles. The van der Waals surface area contributed by atoms with Gasteiger partial charge in [0.15, 0.2) is 0 Å². The lowest BCUT2D eigenvalue weighted by molar-refractivity contribution is -0.384. The minimum absolute atomic E-state index is 0.107. The van der Waals surface area contributed by atoms with Crippen LogP contribution in [0.1, 0.15) is 51.6 Å². The van der Waals surface area contributed by atoms with E-state index in [2.05, 4.69) is 10.00 Å². The van der Waals surface area contributed by atoms with Crippen LogP contribution in [0.25, 0.3) is 0 Å². The Kier molecular flexibility index (Phi) is 4.71. The van der Waals surface area contributed by atoms with Gasteiger partial charge in [0, 0.05) is 33.6 Å². The highest BCUT2D eigenvalue weighted by Gasteiger charge is 2.45. The molecule has 1 aliphatic carbocycles. The third-order valence-electron chi connectivity index (χ3n) is 5.70. The van der Waals surface area contributed by atoms with Crippen molar-refractivity contribution in [1.82, 2.24) is 14.7 Å². The van der Waals surface area contributed by atoms with E-state index >= 15 is 0 Å². The van der Waals surface area contributed by atoms with E-state index in [4.69, 9.17) is 0 Å². The van der Waals surface area contributed by atoms with Gasteiger partial charge in [-0.2, -0.15) is 5.10 Å². The van der Waals surface area contributed by atoms with Gasteiger partial charge >= 0.3 is 5.69 Å². The van der Waals surface area contributed by atoms with Gasteiger partial charge in [0.1, 0.15) is 5.69 Å². The molecule has 3 rings (SSSR count). The van der Waals surface area contributed by atoms with E-state index in [1.54, 1.807) is 18.7 Å². The maximum absolute atomic E-state index is 12.2. The van der Waals surface area contributed by atoms with Gasteiger partial charge < -0.3 is 9.80 Å². The van der Waals surface area contributed by atoms with Crippen LogP contribution in [-0.4, -0.2) is 50.7 Å². The zero-order valence-corrected chi connectivity index (χ0v) is 15.3. The van der Waals surface area contributed by atoms with Crippen molar-refractivity contribution >= 4 is 17.4 Å². The summed E-state index contributed by atoms with van der Waals surface area (Å²) in [6.07, 6.45) is 5.86. The van der Waals surface area contributed by atoms with Crippen molar-refractivity contribution in [3.8, 4) is 0 Å². The second-order valence-electron chi connectivity index (χ2n) is 7.23. The van der Waals surface area contributed by atoms with E-state index in [1.165, 1.54) is 6.42 Å². The Bertz CT molecular complexity index is 678. The van der Waals surface area contributed by atoms with Gasteiger partial charge in [0.25, 0.3) is 0 Å². The Balaban J connectivity index is 1.99. The van der Waals surface area contributed by atoms with Crippen LogP contribution in [-0.2, 0) is 18.3 Å². The first-order valence-electron chi connectivity index (χ1n) is 9.13. The van der Waals surface area contributed by atoms with E-state index in [9.17, 15) is 14.9 Å². The number of nitrogens with zero attached hydrogens (tertiary/aromatic N) is 5. The number of nitro groups is 1. The molecule has 1 amide bonds. The van der Waals surface area contributed by atoms with Gasteiger partial charge in [-0.25, -0.2) is 4.68 Å². The summed E-state index contributed by atoms with van der Waals surface area (Å²) in [4.78, 5) is 27.6. The molecule has 1 aliphatic heterocycles. The lowest BCUT2D eigenvalue weighted by atomic mass is 9.78. The first-order chi connectivity index (χ1) is 11.9. The SMILES string of the molecule is CCc1nn(C)c(N2CCN(C(C)=O)C3(CCCCC3)C2)c1[N+](=O)[O-]. The van der Waals surface area contributed by atoms with Crippen molar-refractivity contribution in [2.24, 2.45) is 7.05 Å². The smallest absolute Gasteiger partial charge is 0.334 e. The van der Waals surface area contributed by atoms with Crippen LogP contribution in [0.4, 0.5) is 11.5 Å². The zero-order valence-electron chi connectivity index (χ0n) is 15.3. The standard InChI is InChI=1S/C17H27N5O3/c1-4-14-15(22(24)25)16(19(3)18-14)20-10-11-21(13(2)23)17(12-20)8-6-5-7-9-17/h4-12H2,1-3H3. The van der Waals surface area contributed by atoms with Crippen LogP contribution in [0.2, 0.25) is 0 Å². The molecule has 138 valence electrons. The molecule has 1 spiro atoms. The molecule has 2 heterocycles. The quantitative estimate of drug-likeness (QED) is 0.617. The van der Waals surface area contributed by atoms with Crippen molar-refractivity contribution in [3.63, 3.8) is 0 Å². The van der Waals surface area contributed by atoms with Gasteiger partial charge in [0.05, 0.1) is 10.5 Å². The third kappa shape index (κ3) is 2.98. The average Bonchev–Trinajstić information content (AvgIpc) is 2.92. The maximum Gasteiger partial charge on any atom is 0.334 e. The maximum atomic E-state index is 12.2. The molecular weight excluding hydrogens is 322 g/mol. The molecule has 1 aromatic heterocycles. The number of carbonyl (C=O) groups excluding carboxylic acids is 1. The fraction of sp³-hybridized carbons (Fsp3) is 0.765. The van der Waals surface area contributed by atoms with Crippen LogP contribution in [0.3, 0.4) is 0 Å². The van der Waals surface area contributed by atoms with E-state index in [0.717, 1.165) is 25.7 Å². The molecule has 0 aromatic carbocycles. The third-order valence-corrected chi connectivity index (χ3v) is 5.70. The molecule has 0 N–H and O–H groups in total. The van der Waals surface area contributed by atoms with Crippen LogP contribution in [0.15, 0.2) is 0 Å². The van der Waals surface area contributed by atoms with E-state index in [1.807, 2.05) is 11.8 Å². The molecule has 0 bridgehead atoms. The van der Waals surface area contributed by atoms with Gasteiger partial charge in [-0.1, -0.05) is 26.2 Å². The summed E-state index contributed by atoms with van der Waals surface area (Å²) in [5.74, 6) is 0.685. The summed E-state index contributed by atoms with van der Waals surface area (Å²) in [7, 11) is 1.77. The Morgan fingerprint density at radius 1 is 1.28 bits per heavy atom. The second kappa shape index (κ2) is 6.65. The molecule has 0 unspecified atom stereocenters. The van der Waals surface area contributed by atoms with Gasteiger partial charge in [-0.15, -0.1) is 0 Å². The summed E-state index contributed by atoms with van der Waals surface area (Å²) in [5, 5.41) is 16.0. The van der Waals surface area contributed by atoms with Crippen LogP contribution < -0.4 is 4.90 Å². The van der Waals surface area contributed by atoms with Gasteiger partial charge in [0.2, 0.25) is 11.7 Å². The van der Waals surface area contributed by atoms with E-state index in [0.29, 0.717) is 37.6 Å². The second-order valence-corrected chi connectivity index (χ2v) is 7.23. The summed E-state index contributed by atoms with van der Waals surface area (Å²) >= 11 is 0. The molecule has 2 aliphatic rings. The summed E-state index contributed by atoms with van der Waals surface area (Å²) in [5.41, 5.74) is 0.439. The highest BCUT2D eigenvalue weighted by molar-refractivity contribution is 5.75. The lowest BCUT2D eigenvalue weighted by Gasteiger charge is -2.52. The molecule has 8 heteroatoms. The predicted molar refractivity (Wildman–Crippen MR) is 94.7 cm³/mol. The average molecular weight is 349 g/mol. The van der Waals surface area contributed by atoms with Gasteiger partial charge in [-0.3, -0.25) is 14.9 Å². The number of hydrogen-bond donors (Lipinski definition) is 0. The largest absolute Gasteiger partial charge is 0.347 e. The molecular formula is C17H27N5O3. The Labute approximate surface area is 147 Å². The van der Waals surface area contributed by atoms with Crippen LogP contribution in [0, 0.1) is 10.1 Å². The Morgan fingerprint density at radius 3 is 2.52 bits per heavy atom. The predicted octanol–water partition coefficient (Wildman–Crippen LogP) is 2.26. The van der Waals surface area contributed by atoms with E-state index < -0.39 is 0 Å². The summed E-state index contributed by atoms with van der Waals surface area (Å²) in [6, 6.07) is 0. The number of amides is 1. The fourth-order valence-electron chi connectivity index (χ4n) is 4.63. The van der Waals surface area contributed by atoms with Crippen molar-refractivity contribution < 1.29 is 9.72 Å². The first kappa shape index (κ1) is 17.7. The highest BCUT2D eigenvalue weighted by atomic mass is 16.6. The molecule has 0 atom stereocenters. The zero-order chi connectivity index (χ0) is 18.2. The number of aryl methyl sites for hydroxylation is 2. The van der Waals surface area contributed by atoms with E-state index in [-0.39, 0.29) is 22.1 Å². The number of anilines is 1. The highest BCUT2D eigenvalue weighted by Crippen LogP contribution is 2.40. The first-order valence-corrected chi connectivity index (χ1v) is 9.13. The monoisotopic (exact) mass is 349 g/mol.